The van der Waals surface area contributed by atoms with E-state index in [1.165, 1.54) is 0 Å². The molecular formula is C10H13N3O2. The van der Waals surface area contributed by atoms with Crippen molar-refractivity contribution in [2.45, 2.75) is 12.5 Å². The molecule has 1 atom stereocenters. The van der Waals surface area contributed by atoms with E-state index in [2.05, 4.69) is 9.98 Å². The lowest BCUT2D eigenvalue weighted by Crippen LogP contribution is -2.12. The maximum Gasteiger partial charge on any atom is 0.282 e. The van der Waals surface area contributed by atoms with Crippen LogP contribution in [0.2, 0.25) is 0 Å². The second kappa shape index (κ2) is 4.63. The average molecular weight is 207 g/mol. The number of nitrogens with two attached hydrogens (primary N) is 1. The van der Waals surface area contributed by atoms with Gasteiger partial charge in [-0.1, -0.05) is 6.07 Å². The number of amidine groups is 1. The van der Waals surface area contributed by atoms with Gasteiger partial charge < -0.3 is 15.2 Å². The molecule has 80 valence electrons. The molecule has 1 aromatic rings. The summed E-state index contributed by atoms with van der Waals surface area (Å²) in [4.78, 5) is 8.14. The van der Waals surface area contributed by atoms with Gasteiger partial charge in [-0.3, -0.25) is 0 Å². The van der Waals surface area contributed by atoms with Gasteiger partial charge in [0.05, 0.1) is 12.6 Å². The van der Waals surface area contributed by atoms with E-state index >= 15 is 0 Å². The Labute approximate surface area is 87.9 Å². The summed E-state index contributed by atoms with van der Waals surface area (Å²) in [5.41, 5.74) is 5.38. The SMILES string of the molecule is NC1=NC(CCOc2ccccn2)CO1. The van der Waals surface area contributed by atoms with Crippen LogP contribution in [0.1, 0.15) is 6.42 Å². The smallest absolute Gasteiger partial charge is 0.282 e. The summed E-state index contributed by atoms with van der Waals surface area (Å²) >= 11 is 0. The predicted molar refractivity (Wildman–Crippen MR) is 55.7 cm³/mol. The van der Waals surface area contributed by atoms with Crippen molar-refractivity contribution in [3.63, 3.8) is 0 Å². The molecule has 1 aliphatic rings. The summed E-state index contributed by atoms with van der Waals surface area (Å²) in [7, 11) is 0. The number of pyridine rings is 1. The van der Waals surface area contributed by atoms with Crippen molar-refractivity contribution in [3.8, 4) is 5.88 Å². The molecule has 1 aromatic heterocycles. The highest BCUT2D eigenvalue weighted by atomic mass is 16.5. The van der Waals surface area contributed by atoms with Gasteiger partial charge >= 0.3 is 0 Å². The van der Waals surface area contributed by atoms with Crippen LogP contribution in [-0.2, 0) is 4.74 Å². The van der Waals surface area contributed by atoms with Crippen LogP contribution >= 0.6 is 0 Å². The number of ether oxygens (including phenoxy) is 2. The highest BCUT2D eigenvalue weighted by molar-refractivity contribution is 5.72. The zero-order valence-corrected chi connectivity index (χ0v) is 8.30. The molecular weight excluding hydrogens is 194 g/mol. The second-order valence-electron chi connectivity index (χ2n) is 3.24. The number of aromatic nitrogens is 1. The Balaban J connectivity index is 1.72. The minimum Gasteiger partial charge on any atom is -0.478 e. The summed E-state index contributed by atoms with van der Waals surface area (Å²) < 4.78 is 10.5. The van der Waals surface area contributed by atoms with Crippen LogP contribution in [0.4, 0.5) is 0 Å². The molecule has 2 N–H and O–H groups in total. The number of rotatable bonds is 4. The van der Waals surface area contributed by atoms with Crippen molar-refractivity contribution >= 4 is 6.02 Å². The Hall–Kier alpha value is -1.78. The summed E-state index contributed by atoms with van der Waals surface area (Å²) in [5.74, 6) is 0.633. The zero-order chi connectivity index (χ0) is 10.5. The van der Waals surface area contributed by atoms with Crippen LogP contribution in [0.5, 0.6) is 5.88 Å². The van der Waals surface area contributed by atoms with Crippen molar-refractivity contribution in [2.75, 3.05) is 13.2 Å². The Morgan fingerprint density at radius 3 is 3.13 bits per heavy atom. The molecule has 0 radical (unpaired) electrons. The molecule has 2 heterocycles. The molecule has 0 amide bonds. The molecule has 1 unspecified atom stereocenters. The van der Waals surface area contributed by atoms with Crippen LogP contribution in [0.3, 0.4) is 0 Å². The molecule has 0 aromatic carbocycles. The molecule has 15 heavy (non-hydrogen) atoms. The second-order valence-corrected chi connectivity index (χ2v) is 3.24. The van der Waals surface area contributed by atoms with Gasteiger partial charge in [-0.05, 0) is 6.07 Å². The number of hydrogen-bond donors (Lipinski definition) is 1. The maximum absolute atomic E-state index is 5.43. The molecule has 5 nitrogen and oxygen atoms in total. The predicted octanol–water partition coefficient (Wildman–Crippen LogP) is 0.564. The van der Waals surface area contributed by atoms with Gasteiger partial charge in [-0.15, -0.1) is 0 Å². The van der Waals surface area contributed by atoms with E-state index in [9.17, 15) is 0 Å². The summed E-state index contributed by atoms with van der Waals surface area (Å²) in [6.45, 7) is 1.12. The van der Waals surface area contributed by atoms with Gasteiger partial charge in [0.25, 0.3) is 6.02 Å². The molecule has 2 rings (SSSR count). The summed E-state index contributed by atoms with van der Waals surface area (Å²) in [5, 5.41) is 0. The fourth-order valence-electron chi connectivity index (χ4n) is 1.32. The maximum atomic E-state index is 5.43. The Kier molecular flexibility index (Phi) is 3.02. The third kappa shape index (κ3) is 2.83. The first-order valence-corrected chi connectivity index (χ1v) is 4.84. The first-order valence-electron chi connectivity index (χ1n) is 4.84. The van der Waals surface area contributed by atoms with Gasteiger partial charge in [0, 0.05) is 18.7 Å². The van der Waals surface area contributed by atoms with Gasteiger partial charge in [0.1, 0.15) is 6.61 Å². The topological polar surface area (TPSA) is 69.7 Å². The minimum absolute atomic E-state index is 0.119. The van der Waals surface area contributed by atoms with E-state index in [0.29, 0.717) is 19.1 Å². The van der Waals surface area contributed by atoms with E-state index in [1.807, 2.05) is 18.2 Å². The van der Waals surface area contributed by atoms with E-state index in [-0.39, 0.29) is 12.1 Å². The molecule has 0 fully saturated rings. The van der Waals surface area contributed by atoms with Crippen LogP contribution < -0.4 is 10.5 Å². The van der Waals surface area contributed by atoms with E-state index in [4.69, 9.17) is 15.2 Å². The Morgan fingerprint density at radius 1 is 1.53 bits per heavy atom. The molecule has 0 aliphatic carbocycles. The Bertz CT molecular complexity index is 340. The molecule has 0 saturated carbocycles. The molecule has 0 bridgehead atoms. The van der Waals surface area contributed by atoms with Gasteiger partial charge in [0.15, 0.2) is 0 Å². The van der Waals surface area contributed by atoms with Crippen LogP contribution in [0.15, 0.2) is 29.4 Å². The van der Waals surface area contributed by atoms with Crippen LogP contribution in [-0.4, -0.2) is 30.3 Å². The Morgan fingerprint density at radius 2 is 2.47 bits per heavy atom. The summed E-state index contributed by atoms with van der Waals surface area (Å²) in [6.07, 6.45) is 2.49. The number of nitrogens with zero attached hydrogens (tertiary/aromatic N) is 2. The number of aliphatic imine (C=N–C) groups is 1. The zero-order valence-electron chi connectivity index (χ0n) is 8.30. The fourth-order valence-corrected chi connectivity index (χ4v) is 1.32. The average Bonchev–Trinajstić information content (AvgIpc) is 2.66. The first-order chi connectivity index (χ1) is 7.34. The lowest BCUT2D eigenvalue weighted by molar-refractivity contribution is 0.258. The molecule has 0 spiro atoms. The molecule has 5 heteroatoms. The first kappa shape index (κ1) is 9.76. The van der Waals surface area contributed by atoms with E-state index in [0.717, 1.165) is 6.42 Å². The quantitative estimate of drug-likeness (QED) is 0.783. The van der Waals surface area contributed by atoms with Crippen molar-refractivity contribution < 1.29 is 9.47 Å². The number of hydrogen-bond acceptors (Lipinski definition) is 5. The van der Waals surface area contributed by atoms with Crippen molar-refractivity contribution in [1.29, 1.82) is 0 Å². The molecule has 0 saturated heterocycles. The highest BCUT2D eigenvalue weighted by Crippen LogP contribution is 2.08. The third-order valence-electron chi connectivity index (χ3n) is 2.07. The van der Waals surface area contributed by atoms with Crippen molar-refractivity contribution in [2.24, 2.45) is 10.7 Å². The standard InChI is InChI=1S/C10H13N3O2/c11-10-13-8(7-15-10)4-6-14-9-3-1-2-5-12-9/h1-3,5,8H,4,6-7H2,(H2,11,13). The van der Waals surface area contributed by atoms with Gasteiger partial charge in [-0.2, -0.15) is 0 Å². The van der Waals surface area contributed by atoms with E-state index in [1.54, 1.807) is 6.20 Å². The minimum atomic E-state index is 0.119. The van der Waals surface area contributed by atoms with Crippen molar-refractivity contribution in [1.82, 2.24) is 4.98 Å². The van der Waals surface area contributed by atoms with Gasteiger partial charge in [-0.25, -0.2) is 9.98 Å². The monoisotopic (exact) mass is 207 g/mol. The van der Waals surface area contributed by atoms with E-state index < -0.39 is 0 Å². The van der Waals surface area contributed by atoms with Crippen LogP contribution in [0.25, 0.3) is 0 Å². The fraction of sp³-hybridized carbons (Fsp3) is 0.400. The molecule has 1 aliphatic heterocycles. The normalized spacial score (nSPS) is 19.5. The largest absolute Gasteiger partial charge is 0.478 e. The van der Waals surface area contributed by atoms with Crippen LogP contribution in [0, 0.1) is 0 Å². The lowest BCUT2D eigenvalue weighted by Gasteiger charge is -2.06. The van der Waals surface area contributed by atoms with Gasteiger partial charge in [0.2, 0.25) is 5.88 Å². The highest BCUT2D eigenvalue weighted by Gasteiger charge is 2.16. The van der Waals surface area contributed by atoms with Crippen molar-refractivity contribution in [3.05, 3.63) is 24.4 Å². The summed E-state index contributed by atoms with van der Waals surface area (Å²) in [6, 6.07) is 5.95. The third-order valence-corrected chi connectivity index (χ3v) is 2.07. The lowest BCUT2D eigenvalue weighted by atomic mass is 10.2.